The van der Waals surface area contributed by atoms with Crippen molar-refractivity contribution in [2.75, 3.05) is 7.11 Å². The number of rotatable bonds is 3. The van der Waals surface area contributed by atoms with Gasteiger partial charge in [-0.1, -0.05) is 23.7 Å². The van der Waals surface area contributed by atoms with E-state index in [0.29, 0.717) is 16.1 Å². The Kier molecular flexibility index (Phi) is 4.16. The second kappa shape index (κ2) is 6.14. The van der Waals surface area contributed by atoms with Crippen LogP contribution in [-0.4, -0.2) is 32.7 Å². The van der Waals surface area contributed by atoms with E-state index in [0.717, 1.165) is 0 Å². The first-order valence-corrected chi connectivity index (χ1v) is 8.54. The van der Waals surface area contributed by atoms with Gasteiger partial charge in [-0.25, -0.2) is 0 Å². The number of amidine groups is 1. The highest BCUT2D eigenvalue weighted by Crippen LogP contribution is 2.32. The number of fused-ring (bicyclic) bond motifs is 1. The summed E-state index contributed by atoms with van der Waals surface area (Å²) in [6, 6.07) is 9.38. The summed E-state index contributed by atoms with van der Waals surface area (Å²) >= 11 is 5.93. The number of nitrogens with zero attached hydrogens (tertiary/aromatic N) is 2. The van der Waals surface area contributed by atoms with Gasteiger partial charge in [-0.15, -0.1) is 4.40 Å². The van der Waals surface area contributed by atoms with Crippen LogP contribution in [0.25, 0.3) is 0 Å². The molecular weight excluding hydrogens is 354 g/mol. The predicted molar refractivity (Wildman–Crippen MR) is 90.6 cm³/mol. The minimum Gasteiger partial charge on any atom is -0.504 e. The molecule has 0 aromatic heterocycles. The molecule has 0 spiro atoms. The molecule has 1 heterocycles. The average molecular weight is 366 g/mol. The summed E-state index contributed by atoms with van der Waals surface area (Å²) in [5, 5.41) is 14.3. The molecular formula is C15H12ClN3O4S. The SMILES string of the molecule is COc1cc(Cl)cc(/C=N/NC2=NS(=O)(=O)c3ccccc32)c1O. The lowest BCUT2D eigenvalue weighted by molar-refractivity contribution is 0.373. The van der Waals surface area contributed by atoms with Crippen LogP contribution < -0.4 is 10.2 Å². The number of hydrogen-bond donors (Lipinski definition) is 2. The Hall–Kier alpha value is -2.58. The van der Waals surface area contributed by atoms with Crippen LogP contribution in [0.4, 0.5) is 0 Å². The molecule has 0 radical (unpaired) electrons. The molecule has 3 rings (SSSR count). The fraction of sp³-hybridized carbons (Fsp3) is 0.0667. The van der Waals surface area contributed by atoms with Crippen LogP contribution in [0.2, 0.25) is 5.02 Å². The molecule has 0 saturated heterocycles. The molecule has 124 valence electrons. The van der Waals surface area contributed by atoms with Crippen molar-refractivity contribution in [2.45, 2.75) is 4.90 Å². The van der Waals surface area contributed by atoms with Crippen LogP contribution in [-0.2, 0) is 10.0 Å². The molecule has 0 bridgehead atoms. The smallest absolute Gasteiger partial charge is 0.285 e. The predicted octanol–water partition coefficient (Wildman–Crippen LogP) is 2.13. The number of sulfonamides is 1. The highest BCUT2D eigenvalue weighted by atomic mass is 35.5. The fourth-order valence-electron chi connectivity index (χ4n) is 2.20. The second-order valence-electron chi connectivity index (χ2n) is 4.83. The van der Waals surface area contributed by atoms with Crippen LogP contribution in [0, 0.1) is 0 Å². The topological polar surface area (TPSA) is 100 Å². The quantitative estimate of drug-likeness (QED) is 0.641. The first-order valence-electron chi connectivity index (χ1n) is 6.72. The van der Waals surface area contributed by atoms with E-state index in [2.05, 4.69) is 14.9 Å². The van der Waals surface area contributed by atoms with Crippen LogP contribution in [0.3, 0.4) is 0 Å². The van der Waals surface area contributed by atoms with Gasteiger partial charge in [-0.2, -0.15) is 13.5 Å². The third-order valence-electron chi connectivity index (χ3n) is 3.29. The number of phenolic OH excluding ortho intramolecular Hbond substituents is 1. The Morgan fingerprint density at radius 2 is 2.08 bits per heavy atom. The van der Waals surface area contributed by atoms with Gasteiger partial charge in [0.2, 0.25) is 0 Å². The molecule has 1 aliphatic heterocycles. The van der Waals surface area contributed by atoms with Gasteiger partial charge >= 0.3 is 0 Å². The summed E-state index contributed by atoms with van der Waals surface area (Å²) in [5.74, 6) is 0.180. The first-order chi connectivity index (χ1) is 11.4. The number of halogens is 1. The van der Waals surface area contributed by atoms with E-state index < -0.39 is 10.0 Å². The van der Waals surface area contributed by atoms with Crippen LogP contribution in [0.1, 0.15) is 11.1 Å². The lowest BCUT2D eigenvalue weighted by Crippen LogP contribution is -2.17. The van der Waals surface area contributed by atoms with Crippen LogP contribution in [0.15, 0.2) is 50.8 Å². The zero-order valence-corrected chi connectivity index (χ0v) is 14.0. The number of nitrogens with one attached hydrogen (secondary N) is 1. The van der Waals surface area contributed by atoms with Crippen molar-refractivity contribution in [3.05, 3.63) is 52.5 Å². The number of phenols is 1. The molecule has 24 heavy (non-hydrogen) atoms. The number of ether oxygens (including phenoxy) is 1. The first kappa shape index (κ1) is 16.3. The van der Waals surface area contributed by atoms with Crippen molar-refractivity contribution in [2.24, 2.45) is 9.50 Å². The molecule has 0 aliphatic carbocycles. The van der Waals surface area contributed by atoms with Crippen molar-refractivity contribution in [3.8, 4) is 11.5 Å². The summed E-state index contributed by atoms with van der Waals surface area (Å²) < 4.78 is 32.5. The van der Waals surface area contributed by atoms with Crippen LogP contribution in [0.5, 0.6) is 11.5 Å². The highest BCUT2D eigenvalue weighted by Gasteiger charge is 2.28. The largest absolute Gasteiger partial charge is 0.504 e. The lowest BCUT2D eigenvalue weighted by atomic mass is 10.2. The van der Waals surface area contributed by atoms with Crippen molar-refractivity contribution in [3.63, 3.8) is 0 Å². The van der Waals surface area contributed by atoms with Crippen molar-refractivity contribution >= 4 is 33.7 Å². The number of benzene rings is 2. The number of methoxy groups -OCH3 is 1. The maximum absolute atomic E-state index is 11.9. The Morgan fingerprint density at radius 3 is 2.83 bits per heavy atom. The molecule has 0 saturated carbocycles. The molecule has 0 unspecified atom stereocenters. The molecule has 2 aromatic rings. The van der Waals surface area contributed by atoms with E-state index in [1.807, 2.05) is 0 Å². The number of aromatic hydroxyl groups is 1. The van der Waals surface area contributed by atoms with Gasteiger partial charge in [0.25, 0.3) is 10.0 Å². The molecule has 2 aromatic carbocycles. The number of hydrogen-bond acceptors (Lipinski definition) is 6. The maximum Gasteiger partial charge on any atom is 0.285 e. The minimum atomic E-state index is -3.71. The summed E-state index contributed by atoms with van der Waals surface area (Å²) in [6.07, 6.45) is 1.29. The second-order valence-corrected chi connectivity index (χ2v) is 6.84. The van der Waals surface area contributed by atoms with E-state index in [-0.39, 0.29) is 22.2 Å². The molecule has 0 amide bonds. The summed E-state index contributed by atoms with van der Waals surface area (Å²) in [4.78, 5) is 0.120. The fourth-order valence-corrected chi connectivity index (χ4v) is 3.59. The molecule has 0 atom stereocenters. The Bertz CT molecular complexity index is 971. The van der Waals surface area contributed by atoms with Gasteiger partial charge in [0.05, 0.1) is 13.3 Å². The highest BCUT2D eigenvalue weighted by molar-refractivity contribution is 7.90. The maximum atomic E-state index is 11.9. The Balaban J connectivity index is 1.88. The van der Waals surface area contributed by atoms with Gasteiger partial charge < -0.3 is 9.84 Å². The third-order valence-corrected chi connectivity index (χ3v) is 4.85. The van der Waals surface area contributed by atoms with Gasteiger partial charge in [-0.3, -0.25) is 5.43 Å². The van der Waals surface area contributed by atoms with Gasteiger partial charge in [-0.05, 0) is 18.2 Å². The van der Waals surface area contributed by atoms with E-state index in [1.54, 1.807) is 18.2 Å². The minimum absolute atomic E-state index is 0.107. The van der Waals surface area contributed by atoms with Crippen molar-refractivity contribution in [1.82, 2.24) is 5.43 Å². The number of hydrazone groups is 1. The van der Waals surface area contributed by atoms with E-state index in [1.165, 1.54) is 31.5 Å². The summed E-state index contributed by atoms with van der Waals surface area (Å²) in [7, 11) is -2.31. The van der Waals surface area contributed by atoms with Crippen molar-refractivity contribution in [1.29, 1.82) is 0 Å². The summed E-state index contributed by atoms with van der Waals surface area (Å²) in [6.45, 7) is 0. The third kappa shape index (κ3) is 2.93. The van der Waals surface area contributed by atoms with Gasteiger partial charge in [0.15, 0.2) is 17.3 Å². The zero-order valence-electron chi connectivity index (χ0n) is 12.4. The average Bonchev–Trinajstić information content (AvgIpc) is 2.82. The molecule has 2 N–H and O–H groups in total. The molecule has 0 fully saturated rings. The van der Waals surface area contributed by atoms with Crippen molar-refractivity contribution < 1.29 is 18.3 Å². The Morgan fingerprint density at radius 1 is 1.33 bits per heavy atom. The van der Waals surface area contributed by atoms with Gasteiger partial charge in [0, 0.05) is 22.2 Å². The Labute approximate surface area is 143 Å². The normalized spacial score (nSPS) is 15.2. The van der Waals surface area contributed by atoms with Gasteiger partial charge in [0.1, 0.15) is 4.90 Å². The lowest BCUT2D eigenvalue weighted by Gasteiger charge is -2.06. The van der Waals surface area contributed by atoms with E-state index in [4.69, 9.17) is 16.3 Å². The van der Waals surface area contributed by atoms with E-state index in [9.17, 15) is 13.5 Å². The van der Waals surface area contributed by atoms with E-state index >= 15 is 0 Å². The zero-order chi connectivity index (χ0) is 17.3. The van der Waals surface area contributed by atoms with Crippen LogP contribution >= 0.6 is 11.6 Å². The summed E-state index contributed by atoms with van der Waals surface area (Å²) in [5.41, 5.74) is 3.31. The molecule has 7 nitrogen and oxygen atoms in total. The molecule has 1 aliphatic rings. The standard InChI is InChI=1S/C15H12ClN3O4S/c1-23-12-7-10(16)6-9(14(12)20)8-17-18-15-11-4-2-3-5-13(11)24(21,22)19-15/h2-8,20H,1H3,(H,18,19)/b17-8+. The molecule has 9 heteroatoms. The monoisotopic (exact) mass is 365 g/mol.